The van der Waals surface area contributed by atoms with Crippen molar-refractivity contribution in [2.24, 2.45) is 0 Å². The van der Waals surface area contributed by atoms with E-state index in [9.17, 15) is 13.2 Å². The number of hydrogen-bond donors (Lipinski definition) is 1. The van der Waals surface area contributed by atoms with E-state index in [-0.39, 0.29) is 10.8 Å². The number of alkyl halides is 3. The van der Waals surface area contributed by atoms with Crippen LogP contribution in [0.2, 0.25) is 5.02 Å². The van der Waals surface area contributed by atoms with Crippen LogP contribution in [0.5, 0.6) is 0 Å². The van der Waals surface area contributed by atoms with E-state index in [1.54, 1.807) is 0 Å². The Labute approximate surface area is 90.5 Å². The SMILES string of the molecule is CCCNc1ncc(C(F)(F)F)cc1Cl. The van der Waals surface area contributed by atoms with Crippen molar-refractivity contribution in [3.8, 4) is 0 Å². The van der Waals surface area contributed by atoms with Gasteiger partial charge in [-0.1, -0.05) is 18.5 Å². The molecule has 84 valence electrons. The molecule has 1 heterocycles. The van der Waals surface area contributed by atoms with Crippen molar-refractivity contribution < 1.29 is 13.2 Å². The van der Waals surface area contributed by atoms with Gasteiger partial charge in [0.05, 0.1) is 10.6 Å². The molecule has 1 N–H and O–H groups in total. The Kier molecular flexibility index (Phi) is 3.79. The van der Waals surface area contributed by atoms with E-state index >= 15 is 0 Å². The normalized spacial score (nSPS) is 11.5. The van der Waals surface area contributed by atoms with Gasteiger partial charge in [-0.15, -0.1) is 0 Å². The molecule has 0 radical (unpaired) electrons. The van der Waals surface area contributed by atoms with Gasteiger partial charge in [-0.25, -0.2) is 4.98 Å². The highest BCUT2D eigenvalue weighted by molar-refractivity contribution is 6.32. The summed E-state index contributed by atoms with van der Waals surface area (Å²) in [5, 5.41) is 2.82. The zero-order chi connectivity index (χ0) is 11.5. The van der Waals surface area contributed by atoms with Gasteiger partial charge < -0.3 is 5.32 Å². The average molecular weight is 239 g/mol. The lowest BCUT2D eigenvalue weighted by molar-refractivity contribution is -0.137. The first-order valence-electron chi connectivity index (χ1n) is 4.41. The molecule has 15 heavy (non-hydrogen) atoms. The molecule has 0 saturated heterocycles. The van der Waals surface area contributed by atoms with Crippen LogP contribution in [0.25, 0.3) is 0 Å². The summed E-state index contributed by atoms with van der Waals surface area (Å²) in [5.74, 6) is 0.284. The van der Waals surface area contributed by atoms with Gasteiger partial charge in [0.15, 0.2) is 0 Å². The van der Waals surface area contributed by atoms with Crippen molar-refractivity contribution in [2.45, 2.75) is 19.5 Å². The second kappa shape index (κ2) is 4.70. The van der Waals surface area contributed by atoms with Crippen LogP contribution in [0.3, 0.4) is 0 Å². The molecule has 0 amide bonds. The van der Waals surface area contributed by atoms with Crippen LogP contribution in [-0.4, -0.2) is 11.5 Å². The quantitative estimate of drug-likeness (QED) is 0.871. The highest BCUT2D eigenvalue weighted by Gasteiger charge is 2.31. The van der Waals surface area contributed by atoms with E-state index in [1.165, 1.54) is 0 Å². The second-order valence-electron chi connectivity index (χ2n) is 2.98. The van der Waals surface area contributed by atoms with Crippen LogP contribution in [0, 0.1) is 0 Å². The predicted molar refractivity (Wildman–Crippen MR) is 53.0 cm³/mol. The third-order valence-corrected chi connectivity index (χ3v) is 2.00. The van der Waals surface area contributed by atoms with Crippen molar-refractivity contribution in [1.29, 1.82) is 0 Å². The first kappa shape index (κ1) is 12.1. The van der Waals surface area contributed by atoms with E-state index < -0.39 is 11.7 Å². The molecule has 0 saturated carbocycles. The molecule has 0 unspecified atom stereocenters. The van der Waals surface area contributed by atoms with E-state index in [1.807, 2.05) is 6.92 Å². The summed E-state index contributed by atoms with van der Waals surface area (Å²) in [4.78, 5) is 3.62. The maximum atomic E-state index is 12.2. The van der Waals surface area contributed by atoms with Crippen molar-refractivity contribution in [3.63, 3.8) is 0 Å². The Morgan fingerprint density at radius 1 is 1.47 bits per heavy atom. The molecule has 6 heteroatoms. The topological polar surface area (TPSA) is 24.9 Å². The Morgan fingerprint density at radius 3 is 2.60 bits per heavy atom. The maximum Gasteiger partial charge on any atom is 0.417 e. The lowest BCUT2D eigenvalue weighted by atomic mass is 10.3. The maximum absolute atomic E-state index is 12.2. The lowest BCUT2D eigenvalue weighted by Gasteiger charge is -2.09. The molecule has 0 aliphatic heterocycles. The molecule has 1 aromatic heterocycles. The Bertz CT molecular complexity index is 339. The Hall–Kier alpha value is -0.970. The molecule has 1 rings (SSSR count). The van der Waals surface area contributed by atoms with Crippen LogP contribution >= 0.6 is 11.6 Å². The van der Waals surface area contributed by atoms with Gasteiger partial charge in [0, 0.05) is 12.7 Å². The second-order valence-corrected chi connectivity index (χ2v) is 3.39. The number of aromatic nitrogens is 1. The van der Waals surface area contributed by atoms with E-state index in [4.69, 9.17) is 11.6 Å². The van der Waals surface area contributed by atoms with Crippen molar-refractivity contribution in [3.05, 3.63) is 22.8 Å². The summed E-state index contributed by atoms with van der Waals surface area (Å²) in [7, 11) is 0. The molecule has 0 bridgehead atoms. The number of anilines is 1. The van der Waals surface area contributed by atoms with Crippen LogP contribution in [0.1, 0.15) is 18.9 Å². The highest BCUT2D eigenvalue weighted by atomic mass is 35.5. The van der Waals surface area contributed by atoms with Crippen molar-refractivity contribution in [2.75, 3.05) is 11.9 Å². The van der Waals surface area contributed by atoms with Gasteiger partial charge in [0.2, 0.25) is 0 Å². The molecule has 2 nitrogen and oxygen atoms in total. The van der Waals surface area contributed by atoms with E-state index in [2.05, 4.69) is 10.3 Å². The minimum atomic E-state index is -4.40. The zero-order valence-electron chi connectivity index (χ0n) is 8.03. The minimum Gasteiger partial charge on any atom is -0.369 e. The first-order valence-corrected chi connectivity index (χ1v) is 4.79. The Morgan fingerprint density at radius 2 is 2.13 bits per heavy atom. The van der Waals surface area contributed by atoms with Gasteiger partial charge in [0.1, 0.15) is 5.82 Å². The molecule has 0 aliphatic rings. The van der Waals surface area contributed by atoms with Crippen LogP contribution in [0.15, 0.2) is 12.3 Å². The summed E-state index contributed by atoms with van der Waals surface area (Å²) in [6, 6.07) is 0.868. The highest BCUT2D eigenvalue weighted by Crippen LogP contribution is 2.32. The minimum absolute atomic E-state index is 0.0155. The van der Waals surface area contributed by atoms with Crippen LogP contribution in [-0.2, 0) is 6.18 Å². The van der Waals surface area contributed by atoms with Gasteiger partial charge in [0.25, 0.3) is 0 Å². The first-order chi connectivity index (χ1) is 6.95. The molecule has 0 aromatic carbocycles. The summed E-state index contributed by atoms with van der Waals surface area (Å²) in [6.07, 6.45) is -2.79. The molecule has 0 spiro atoms. The summed E-state index contributed by atoms with van der Waals surface area (Å²) < 4.78 is 36.7. The molecule has 0 fully saturated rings. The molecule has 1 aromatic rings. The van der Waals surface area contributed by atoms with Crippen LogP contribution < -0.4 is 5.32 Å². The largest absolute Gasteiger partial charge is 0.417 e. The summed E-state index contributed by atoms with van der Waals surface area (Å²) >= 11 is 5.65. The fraction of sp³-hybridized carbons (Fsp3) is 0.444. The third kappa shape index (κ3) is 3.27. The summed E-state index contributed by atoms with van der Waals surface area (Å²) in [5.41, 5.74) is -0.838. The van der Waals surface area contributed by atoms with Crippen molar-refractivity contribution in [1.82, 2.24) is 4.98 Å². The molecular formula is C9H10ClF3N2. The van der Waals surface area contributed by atoms with E-state index in [0.717, 1.165) is 18.7 Å². The Balaban J connectivity index is 2.88. The van der Waals surface area contributed by atoms with Crippen LogP contribution in [0.4, 0.5) is 19.0 Å². The molecule has 0 aliphatic carbocycles. The smallest absolute Gasteiger partial charge is 0.369 e. The van der Waals surface area contributed by atoms with Gasteiger partial charge >= 0.3 is 6.18 Å². The summed E-state index contributed by atoms with van der Waals surface area (Å²) in [6.45, 7) is 2.56. The average Bonchev–Trinajstić information content (AvgIpc) is 2.14. The lowest BCUT2D eigenvalue weighted by Crippen LogP contribution is -2.08. The fourth-order valence-corrected chi connectivity index (χ4v) is 1.20. The predicted octanol–water partition coefficient (Wildman–Crippen LogP) is 3.58. The monoisotopic (exact) mass is 238 g/mol. The number of hydrogen-bond acceptors (Lipinski definition) is 2. The van der Waals surface area contributed by atoms with E-state index in [0.29, 0.717) is 6.54 Å². The van der Waals surface area contributed by atoms with Gasteiger partial charge in [-0.05, 0) is 12.5 Å². The fourth-order valence-electron chi connectivity index (χ4n) is 0.966. The zero-order valence-corrected chi connectivity index (χ0v) is 8.78. The number of nitrogens with one attached hydrogen (secondary N) is 1. The van der Waals surface area contributed by atoms with Crippen molar-refractivity contribution >= 4 is 17.4 Å². The number of pyridine rings is 1. The van der Waals surface area contributed by atoms with Gasteiger partial charge in [-0.3, -0.25) is 0 Å². The standard InChI is InChI=1S/C9H10ClF3N2/c1-2-3-14-8-7(10)4-6(5-15-8)9(11,12)13/h4-5H,2-3H2,1H3,(H,14,15). The molecular weight excluding hydrogens is 229 g/mol. The number of nitrogens with zero attached hydrogens (tertiary/aromatic N) is 1. The van der Waals surface area contributed by atoms with Gasteiger partial charge in [-0.2, -0.15) is 13.2 Å². The third-order valence-electron chi connectivity index (χ3n) is 1.71. The number of halogens is 4. The molecule has 0 atom stereocenters. The number of rotatable bonds is 3.